The van der Waals surface area contributed by atoms with E-state index in [1.54, 1.807) is 6.20 Å². The van der Waals surface area contributed by atoms with Gasteiger partial charge < -0.3 is 16.0 Å². The fourth-order valence-corrected chi connectivity index (χ4v) is 3.07. The summed E-state index contributed by atoms with van der Waals surface area (Å²) in [6.45, 7) is 8.05. The first kappa shape index (κ1) is 16.8. The van der Waals surface area contributed by atoms with Crippen LogP contribution in [0.4, 0.5) is 5.69 Å². The summed E-state index contributed by atoms with van der Waals surface area (Å²) in [4.78, 5) is 14.5. The Bertz CT molecular complexity index is 475. The van der Waals surface area contributed by atoms with E-state index in [4.69, 9.17) is 5.73 Å². The van der Waals surface area contributed by atoms with Gasteiger partial charge in [0.1, 0.15) is 0 Å². The molecule has 1 aliphatic rings. The van der Waals surface area contributed by atoms with Gasteiger partial charge in [0.25, 0.3) is 5.91 Å². The average molecular weight is 307 g/mol. The smallest absolute Gasteiger partial charge is 0.273 e. The van der Waals surface area contributed by atoms with Crippen LogP contribution in [0.2, 0.25) is 0 Å². The zero-order valence-corrected chi connectivity index (χ0v) is 13.8. The Morgan fingerprint density at radius 1 is 1.41 bits per heavy atom. The molecule has 0 bridgehead atoms. The fraction of sp³-hybridized carbons (Fsp3) is 0.750. The predicted molar refractivity (Wildman–Crippen MR) is 88.9 cm³/mol. The highest BCUT2D eigenvalue weighted by Crippen LogP contribution is 2.29. The van der Waals surface area contributed by atoms with E-state index in [0.29, 0.717) is 24.0 Å². The molecule has 1 fully saturated rings. The monoisotopic (exact) mass is 307 g/mol. The quantitative estimate of drug-likeness (QED) is 0.721. The normalized spacial score (nSPS) is 15.6. The third-order valence-electron chi connectivity index (χ3n) is 4.51. The summed E-state index contributed by atoms with van der Waals surface area (Å²) >= 11 is 0. The second kappa shape index (κ2) is 8.17. The molecule has 0 atom stereocenters. The Labute approximate surface area is 133 Å². The lowest BCUT2D eigenvalue weighted by atomic mass is 10.3. The van der Waals surface area contributed by atoms with Crippen molar-refractivity contribution in [3.05, 3.63) is 11.9 Å². The maximum Gasteiger partial charge on any atom is 0.273 e. The lowest BCUT2D eigenvalue weighted by Crippen LogP contribution is -2.30. The number of aromatic nitrogens is 2. The van der Waals surface area contributed by atoms with Gasteiger partial charge in [0, 0.05) is 12.7 Å². The molecule has 0 saturated heterocycles. The van der Waals surface area contributed by atoms with Crippen LogP contribution in [0.5, 0.6) is 0 Å². The van der Waals surface area contributed by atoms with E-state index < -0.39 is 0 Å². The first-order valence-corrected chi connectivity index (χ1v) is 8.50. The number of rotatable bonds is 8. The summed E-state index contributed by atoms with van der Waals surface area (Å²) in [6, 6.07) is 0.409. The molecule has 6 nitrogen and oxygen atoms in total. The van der Waals surface area contributed by atoms with Crippen molar-refractivity contribution < 1.29 is 4.79 Å². The van der Waals surface area contributed by atoms with Gasteiger partial charge in [-0.2, -0.15) is 5.10 Å². The van der Waals surface area contributed by atoms with Gasteiger partial charge in [0.2, 0.25) is 0 Å². The summed E-state index contributed by atoms with van der Waals surface area (Å²) in [6.07, 6.45) is 7.48. The van der Waals surface area contributed by atoms with E-state index in [1.807, 2.05) is 4.68 Å². The van der Waals surface area contributed by atoms with E-state index in [1.165, 1.54) is 12.8 Å². The first-order valence-electron chi connectivity index (χ1n) is 8.50. The maximum atomic E-state index is 12.2. The highest BCUT2D eigenvalue weighted by molar-refractivity contribution is 5.96. The number of hydrogen-bond donors (Lipinski definition) is 2. The van der Waals surface area contributed by atoms with Gasteiger partial charge >= 0.3 is 0 Å². The summed E-state index contributed by atoms with van der Waals surface area (Å²) in [5.74, 6) is -0.159. The van der Waals surface area contributed by atoms with Crippen LogP contribution in [-0.2, 0) is 0 Å². The lowest BCUT2D eigenvalue weighted by Gasteiger charge is -2.17. The molecule has 1 aromatic heterocycles. The number of carbonyl (C=O) groups is 1. The Balaban J connectivity index is 1.82. The van der Waals surface area contributed by atoms with Crippen molar-refractivity contribution in [3.8, 4) is 0 Å². The number of amides is 1. The summed E-state index contributed by atoms with van der Waals surface area (Å²) < 4.78 is 1.88. The maximum absolute atomic E-state index is 12.2. The molecule has 1 aromatic rings. The highest BCUT2D eigenvalue weighted by atomic mass is 16.2. The minimum atomic E-state index is -0.159. The second-order valence-electron chi connectivity index (χ2n) is 5.99. The van der Waals surface area contributed by atoms with Gasteiger partial charge in [-0.3, -0.25) is 9.48 Å². The van der Waals surface area contributed by atoms with Crippen molar-refractivity contribution in [3.63, 3.8) is 0 Å². The molecule has 2 rings (SSSR count). The van der Waals surface area contributed by atoms with Gasteiger partial charge in [0.05, 0.1) is 11.7 Å². The zero-order chi connectivity index (χ0) is 15.9. The third-order valence-corrected chi connectivity index (χ3v) is 4.51. The number of nitrogen functional groups attached to an aromatic ring is 1. The topological polar surface area (TPSA) is 76.2 Å². The zero-order valence-electron chi connectivity index (χ0n) is 13.8. The molecule has 1 amide bonds. The molecule has 3 N–H and O–H groups in total. The summed E-state index contributed by atoms with van der Waals surface area (Å²) in [5, 5.41) is 7.33. The van der Waals surface area contributed by atoms with Gasteiger partial charge in [-0.05, 0) is 38.9 Å². The molecule has 1 aliphatic carbocycles. The lowest BCUT2D eigenvalue weighted by molar-refractivity contribution is 0.0946. The molecule has 22 heavy (non-hydrogen) atoms. The SMILES string of the molecule is CCN(CC)CCCNC(=O)c1nn(C2CCCC2)cc1N. The molecular weight excluding hydrogens is 278 g/mol. The number of nitrogens with zero attached hydrogens (tertiary/aromatic N) is 3. The van der Waals surface area contributed by atoms with Crippen molar-refractivity contribution >= 4 is 11.6 Å². The van der Waals surface area contributed by atoms with E-state index >= 15 is 0 Å². The van der Waals surface area contributed by atoms with Crippen molar-refractivity contribution in [1.29, 1.82) is 0 Å². The summed E-state index contributed by atoms with van der Waals surface area (Å²) in [5.41, 5.74) is 6.80. The predicted octanol–water partition coefficient (Wildman–Crippen LogP) is 2.04. The van der Waals surface area contributed by atoms with Crippen LogP contribution in [0.15, 0.2) is 6.20 Å². The second-order valence-corrected chi connectivity index (χ2v) is 5.99. The number of carbonyl (C=O) groups excluding carboxylic acids is 1. The van der Waals surface area contributed by atoms with Crippen LogP contribution in [0, 0.1) is 0 Å². The van der Waals surface area contributed by atoms with Crippen LogP contribution >= 0.6 is 0 Å². The average Bonchev–Trinajstić information content (AvgIpc) is 3.16. The van der Waals surface area contributed by atoms with Crippen molar-refractivity contribution in [2.45, 2.75) is 52.0 Å². The fourth-order valence-electron chi connectivity index (χ4n) is 3.07. The molecule has 1 saturated carbocycles. The van der Waals surface area contributed by atoms with Crippen molar-refractivity contribution in [1.82, 2.24) is 20.0 Å². The van der Waals surface area contributed by atoms with Gasteiger partial charge in [-0.1, -0.05) is 26.7 Å². The minimum absolute atomic E-state index is 0.159. The van der Waals surface area contributed by atoms with E-state index in [-0.39, 0.29) is 5.91 Å². The molecule has 0 radical (unpaired) electrons. The van der Waals surface area contributed by atoms with Crippen LogP contribution < -0.4 is 11.1 Å². The third kappa shape index (κ3) is 4.22. The molecule has 0 aliphatic heterocycles. The van der Waals surface area contributed by atoms with Gasteiger partial charge in [0.15, 0.2) is 5.69 Å². The summed E-state index contributed by atoms with van der Waals surface area (Å²) in [7, 11) is 0. The Morgan fingerprint density at radius 2 is 2.09 bits per heavy atom. The number of nitrogens with one attached hydrogen (secondary N) is 1. The highest BCUT2D eigenvalue weighted by Gasteiger charge is 2.21. The largest absolute Gasteiger partial charge is 0.396 e. The van der Waals surface area contributed by atoms with Gasteiger partial charge in [-0.15, -0.1) is 0 Å². The molecular formula is C16H29N5O. The van der Waals surface area contributed by atoms with Crippen molar-refractivity contribution in [2.75, 3.05) is 31.9 Å². The van der Waals surface area contributed by atoms with Crippen LogP contribution in [0.1, 0.15) is 62.5 Å². The number of hydrogen-bond acceptors (Lipinski definition) is 4. The van der Waals surface area contributed by atoms with E-state index in [0.717, 1.165) is 38.9 Å². The van der Waals surface area contributed by atoms with Crippen LogP contribution in [0.3, 0.4) is 0 Å². The van der Waals surface area contributed by atoms with E-state index in [9.17, 15) is 4.79 Å². The first-order chi connectivity index (χ1) is 10.7. The van der Waals surface area contributed by atoms with Crippen molar-refractivity contribution in [2.24, 2.45) is 0 Å². The van der Waals surface area contributed by atoms with Crippen LogP contribution in [-0.4, -0.2) is 46.8 Å². The molecule has 124 valence electrons. The number of nitrogens with two attached hydrogens (primary N) is 1. The number of anilines is 1. The standard InChI is InChI=1S/C16H29N5O/c1-3-20(4-2)11-7-10-18-16(22)15-14(17)12-21(19-15)13-8-5-6-9-13/h12-13H,3-11,17H2,1-2H3,(H,18,22). The Morgan fingerprint density at radius 3 is 2.73 bits per heavy atom. The molecule has 1 heterocycles. The molecule has 6 heteroatoms. The Kier molecular flexibility index (Phi) is 6.24. The molecule has 0 aromatic carbocycles. The van der Waals surface area contributed by atoms with Crippen LogP contribution in [0.25, 0.3) is 0 Å². The van der Waals surface area contributed by atoms with E-state index in [2.05, 4.69) is 29.2 Å². The van der Waals surface area contributed by atoms with Gasteiger partial charge in [-0.25, -0.2) is 0 Å². The molecule has 0 spiro atoms. The minimum Gasteiger partial charge on any atom is -0.396 e. The molecule has 0 unspecified atom stereocenters. The Hall–Kier alpha value is -1.56.